The van der Waals surface area contributed by atoms with E-state index in [4.69, 9.17) is 9.72 Å². The van der Waals surface area contributed by atoms with E-state index in [0.29, 0.717) is 22.2 Å². The third kappa shape index (κ3) is 5.58. The van der Waals surface area contributed by atoms with Gasteiger partial charge in [0, 0.05) is 28.2 Å². The Kier molecular flexibility index (Phi) is 7.74. The van der Waals surface area contributed by atoms with E-state index in [1.807, 2.05) is 52.0 Å². The molecule has 0 aliphatic carbocycles. The number of rotatable bonds is 7. The monoisotopic (exact) mass is 599 g/mol. The van der Waals surface area contributed by atoms with Crippen LogP contribution in [0.3, 0.4) is 0 Å². The molecule has 0 spiro atoms. The maximum absolute atomic E-state index is 14.5. The van der Waals surface area contributed by atoms with Crippen LogP contribution in [0.1, 0.15) is 54.9 Å². The summed E-state index contributed by atoms with van der Waals surface area (Å²) in [5.41, 5.74) is 2.19. The van der Waals surface area contributed by atoms with Gasteiger partial charge in [0.1, 0.15) is 5.82 Å². The van der Waals surface area contributed by atoms with Crippen LogP contribution in [0.5, 0.6) is 0 Å². The topological polar surface area (TPSA) is 119 Å². The normalized spacial score (nSPS) is 12.0. The predicted molar refractivity (Wildman–Crippen MR) is 166 cm³/mol. The van der Waals surface area contributed by atoms with E-state index in [0.717, 1.165) is 20.9 Å². The first-order valence-electron chi connectivity index (χ1n) is 13.9. The maximum Gasteiger partial charge on any atom is 0.415 e. The first-order valence-corrected chi connectivity index (χ1v) is 15.3. The number of pyridine rings is 1. The van der Waals surface area contributed by atoms with Crippen LogP contribution >= 0.6 is 0 Å². The van der Waals surface area contributed by atoms with E-state index in [2.05, 4.69) is 0 Å². The number of carboxylic acid groups (broad SMARTS) is 1. The molecule has 5 aromatic rings. The Morgan fingerprint density at radius 3 is 2.28 bits per heavy atom. The van der Waals surface area contributed by atoms with E-state index < -0.39 is 27.5 Å². The van der Waals surface area contributed by atoms with Gasteiger partial charge in [-0.15, -0.1) is 0 Å². The van der Waals surface area contributed by atoms with Crippen molar-refractivity contribution in [2.24, 2.45) is 0 Å². The van der Waals surface area contributed by atoms with Crippen LogP contribution in [0.25, 0.3) is 21.7 Å². The first-order chi connectivity index (χ1) is 20.3. The van der Waals surface area contributed by atoms with Crippen LogP contribution in [-0.4, -0.2) is 41.7 Å². The molecule has 0 radical (unpaired) electrons. The van der Waals surface area contributed by atoms with Crippen molar-refractivity contribution in [3.63, 3.8) is 0 Å². The summed E-state index contributed by atoms with van der Waals surface area (Å²) in [4.78, 5) is 28.9. The van der Waals surface area contributed by atoms with Crippen molar-refractivity contribution in [2.75, 3.05) is 10.9 Å². The molecule has 43 heavy (non-hydrogen) atoms. The molecule has 0 saturated carbocycles. The zero-order valence-electron chi connectivity index (χ0n) is 24.7. The van der Waals surface area contributed by atoms with E-state index in [9.17, 15) is 23.1 Å². The van der Waals surface area contributed by atoms with Crippen LogP contribution < -0.4 is 4.31 Å². The van der Waals surface area contributed by atoms with Crippen LogP contribution in [0.4, 0.5) is 10.6 Å². The number of benzene rings is 3. The quantitative estimate of drug-likeness (QED) is 0.202. The zero-order valence-corrected chi connectivity index (χ0v) is 25.5. The minimum absolute atomic E-state index is 0.0250. The van der Waals surface area contributed by atoms with Crippen LogP contribution in [0.2, 0.25) is 0 Å². The number of hydrogen-bond donors (Lipinski definition) is 1. The third-order valence-corrected chi connectivity index (χ3v) is 9.06. The highest BCUT2D eigenvalue weighted by Crippen LogP contribution is 2.40. The molecule has 0 saturated heterocycles. The first kappa shape index (κ1) is 29.8. The highest BCUT2D eigenvalue weighted by Gasteiger charge is 2.33. The summed E-state index contributed by atoms with van der Waals surface area (Å²) in [7, 11) is -4.25. The minimum Gasteiger partial charge on any atom is -0.464 e. The Labute approximate surface area is 250 Å². The fourth-order valence-corrected chi connectivity index (χ4v) is 6.73. The Morgan fingerprint density at radius 2 is 1.65 bits per heavy atom. The number of carbonyl (C=O) groups excluding carboxylic acids is 1. The van der Waals surface area contributed by atoms with Gasteiger partial charge in [-0.05, 0) is 66.6 Å². The number of ether oxygens (including phenoxy) is 1. The molecule has 0 aliphatic heterocycles. The van der Waals surface area contributed by atoms with Crippen LogP contribution in [0.15, 0.2) is 83.9 Å². The molecule has 9 nitrogen and oxygen atoms in total. The molecule has 3 aromatic carbocycles. The molecule has 0 amide bonds. The van der Waals surface area contributed by atoms with Gasteiger partial charge in [-0.2, -0.15) is 0 Å². The maximum atomic E-state index is 14.5. The second kappa shape index (κ2) is 11.2. The molecule has 10 heteroatoms. The fourth-order valence-electron chi connectivity index (χ4n) is 5.32. The predicted octanol–water partition coefficient (Wildman–Crippen LogP) is 6.89. The lowest BCUT2D eigenvalue weighted by Crippen LogP contribution is -2.34. The van der Waals surface area contributed by atoms with Gasteiger partial charge in [0.05, 0.1) is 29.1 Å². The van der Waals surface area contributed by atoms with Crippen LogP contribution in [-0.2, 0) is 26.7 Å². The van der Waals surface area contributed by atoms with E-state index in [-0.39, 0.29) is 29.4 Å². The van der Waals surface area contributed by atoms with Gasteiger partial charge < -0.3 is 9.84 Å². The minimum atomic E-state index is -4.25. The van der Waals surface area contributed by atoms with E-state index in [1.165, 1.54) is 34.8 Å². The van der Waals surface area contributed by atoms with Crippen LogP contribution in [0, 0.1) is 6.92 Å². The zero-order chi connectivity index (χ0) is 31.1. The van der Waals surface area contributed by atoms with Crippen molar-refractivity contribution in [2.45, 2.75) is 51.5 Å². The van der Waals surface area contributed by atoms with Gasteiger partial charge in [0.25, 0.3) is 10.0 Å². The molecule has 222 valence electrons. The van der Waals surface area contributed by atoms with Crippen molar-refractivity contribution in [1.82, 2.24) is 9.55 Å². The highest BCUT2D eigenvalue weighted by molar-refractivity contribution is 7.92. The summed E-state index contributed by atoms with van der Waals surface area (Å²) in [5, 5.41) is 12.2. The van der Waals surface area contributed by atoms with Crippen molar-refractivity contribution < 1.29 is 27.9 Å². The molecule has 5 rings (SSSR count). The lowest BCUT2D eigenvalue weighted by molar-refractivity contribution is 0.0526. The smallest absolute Gasteiger partial charge is 0.415 e. The van der Waals surface area contributed by atoms with Gasteiger partial charge in [0.15, 0.2) is 0 Å². The number of aromatic nitrogens is 2. The number of hydrogen-bond acceptors (Lipinski definition) is 6. The number of carbonyl (C=O) groups is 2. The molecule has 0 aliphatic rings. The number of nitrogens with zero attached hydrogens (tertiary/aromatic N) is 3. The van der Waals surface area contributed by atoms with Gasteiger partial charge in [0.2, 0.25) is 0 Å². The van der Waals surface area contributed by atoms with Crippen molar-refractivity contribution >= 4 is 49.6 Å². The second-order valence-corrected chi connectivity index (χ2v) is 13.2. The average Bonchev–Trinajstić information content (AvgIpc) is 3.39. The average molecular weight is 600 g/mol. The lowest BCUT2D eigenvalue weighted by atomic mass is 9.83. The highest BCUT2D eigenvalue weighted by atomic mass is 32.2. The van der Waals surface area contributed by atoms with Gasteiger partial charge >= 0.3 is 12.1 Å². The molecule has 2 heterocycles. The van der Waals surface area contributed by atoms with Crippen molar-refractivity contribution in [3.8, 4) is 0 Å². The largest absolute Gasteiger partial charge is 0.464 e. The van der Waals surface area contributed by atoms with Crippen molar-refractivity contribution in [3.05, 3.63) is 101 Å². The van der Waals surface area contributed by atoms with Crippen molar-refractivity contribution in [1.29, 1.82) is 0 Å². The van der Waals surface area contributed by atoms with E-state index >= 15 is 0 Å². The van der Waals surface area contributed by atoms with Gasteiger partial charge in [-0.25, -0.2) is 27.3 Å². The summed E-state index contributed by atoms with van der Waals surface area (Å²) in [5.74, 6) is -0.258. The second-order valence-electron chi connectivity index (χ2n) is 11.3. The third-order valence-electron chi connectivity index (χ3n) is 7.31. The molecule has 2 aromatic heterocycles. The number of fused-ring (bicyclic) bond motifs is 2. The summed E-state index contributed by atoms with van der Waals surface area (Å²) in [6.07, 6.45) is 0.322. The molecular weight excluding hydrogens is 566 g/mol. The molecule has 0 fully saturated rings. The summed E-state index contributed by atoms with van der Waals surface area (Å²) < 4.78 is 36.5. The Morgan fingerprint density at radius 1 is 0.977 bits per heavy atom. The molecule has 0 unspecified atom stereocenters. The Hall–Kier alpha value is -4.70. The molecule has 0 bridgehead atoms. The molecule has 1 N–H and O–H groups in total. The van der Waals surface area contributed by atoms with Gasteiger partial charge in [-0.3, -0.25) is 4.57 Å². The SMILES string of the molecule is CCOC(=O)c1ccc(S(=O)(=O)N(Cc2ccc3ccn(C(=O)O)c3c2)c2nc(C)c3ccccc3c2C(C)(C)C)cc1. The molecular formula is C33H33N3O6S. The Bertz CT molecular complexity index is 1970. The number of anilines is 1. The number of esters is 1. The number of aryl methyl sites for hydroxylation is 1. The summed E-state index contributed by atoms with van der Waals surface area (Å²) in [6, 6.07) is 20.3. The lowest BCUT2D eigenvalue weighted by Gasteiger charge is -2.32. The number of sulfonamides is 1. The molecule has 0 atom stereocenters. The fraction of sp³-hybridized carbons (Fsp3) is 0.242. The summed E-state index contributed by atoms with van der Waals surface area (Å²) in [6.45, 7) is 9.68. The summed E-state index contributed by atoms with van der Waals surface area (Å²) >= 11 is 0. The van der Waals surface area contributed by atoms with Gasteiger partial charge in [-0.1, -0.05) is 57.2 Å². The van der Waals surface area contributed by atoms with E-state index in [1.54, 1.807) is 31.2 Å². The Balaban J connectivity index is 1.74. The standard InChI is InChI=1S/C33H33N3O6S/c1-6-42-31(37)24-13-15-25(16-14-24)43(40,41)36(20-22-11-12-23-17-18-35(32(38)39)28(23)19-22)30-29(33(3,4)5)27-10-8-7-9-26(27)21(2)34-30/h7-19H,6,20H2,1-5H3,(H,38,39).